The quantitative estimate of drug-likeness (QED) is 0.688. The van der Waals surface area contributed by atoms with E-state index in [1.54, 1.807) is 11.9 Å². The summed E-state index contributed by atoms with van der Waals surface area (Å²) in [7, 11) is 0. The van der Waals surface area contributed by atoms with Gasteiger partial charge in [0, 0.05) is 18.3 Å². The summed E-state index contributed by atoms with van der Waals surface area (Å²) >= 11 is 1.69. The maximum Gasteiger partial charge on any atom is 0.410 e. The van der Waals surface area contributed by atoms with Crippen LogP contribution in [0.1, 0.15) is 46.2 Å². The number of piperidine rings is 1. The van der Waals surface area contributed by atoms with Gasteiger partial charge in [0.25, 0.3) is 0 Å². The van der Waals surface area contributed by atoms with E-state index in [1.807, 2.05) is 44.7 Å². The van der Waals surface area contributed by atoms with Gasteiger partial charge in [-0.3, -0.25) is 4.31 Å². The van der Waals surface area contributed by atoms with Crippen LogP contribution in [0.25, 0.3) is 0 Å². The van der Waals surface area contributed by atoms with Crippen LogP contribution in [0.4, 0.5) is 10.6 Å². The lowest BCUT2D eigenvalue weighted by atomic mass is 9.83. The van der Waals surface area contributed by atoms with Crippen molar-refractivity contribution in [2.75, 3.05) is 10.8 Å². The van der Waals surface area contributed by atoms with Gasteiger partial charge in [-0.2, -0.15) is 0 Å². The third kappa shape index (κ3) is 3.78. The summed E-state index contributed by atoms with van der Waals surface area (Å²) in [5.41, 5.74) is 0.454. The van der Waals surface area contributed by atoms with E-state index >= 15 is 0 Å². The monoisotopic (exact) mass is 361 g/mol. The number of carbonyl (C=O) groups is 1. The third-order valence-corrected chi connectivity index (χ3v) is 5.64. The molecule has 2 aliphatic heterocycles. The average Bonchev–Trinajstić information content (AvgIpc) is 2.88. The van der Waals surface area contributed by atoms with E-state index < -0.39 is 5.60 Å². The molecule has 6 heteroatoms. The maximum absolute atomic E-state index is 12.5. The minimum atomic E-state index is -0.466. The number of anilines is 1. The Morgan fingerprint density at radius 2 is 2.16 bits per heavy atom. The number of likely N-dealkylation sites (tertiary alicyclic amines) is 1. The molecule has 1 spiro atoms. The second-order valence-corrected chi connectivity index (χ2v) is 8.77. The lowest BCUT2D eigenvalue weighted by Crippen LogP contribution is -2.56. The number of hydrogen-bond donors (Lipinski definition) is 0. The molecule has 5 nitrogen and oxygen atoms in total. The predicted molar refractivity (Wildman–Crippen MR) is 103 cm³/mol. The largest absolute Gasteiger partial charge is 0.444 e. The molecular formula is C19H27N3O2S. The standard InChI is InChI=1S/C19H27N3O2S/c1-14-7-6-8-16(20-14)22-19(10-12-25-22)9-11-21(15(2)13-19)17(23)24-18(3,4)5/h6-8,10,12,15H,9,11,13H2,1-5H3/t15-,19-/m0/s1. The Labute approximate surface area is 154 Å². The van der Waals surface area contributed by atoms with E-state index in [1.165, 1.54) is 0 Å². The molecule has 1 aromatic heterocycles. The van der Waals surface area contributed by atoms with Crippen LogP contribution in [0.15, 0.2) is 29.7 Å². The second kappa shape index (κ2) is 6.56. The van der Waals surface area contributed by atoms with Crippen LogP contribution in [-0.2, 0) is 4.74 Å². The Morgan fingerprint density at radius 1 is 1.40 bits per heavy atom. The van der Waals surface area contributed by atoms with Crippen molar-refractivity contribution in [3.8, 4) is 0 Å². The molecule has 0 unspecified atom stereocenters. The summed E-state index contributed by atoms with van der Waals surface area (Å²) in [6, 6.07) is 6.22. The molecule has 25 heavy (non-hydrogen) atoms. The first-order valence-corrected chi connectivity index (χ1v) is 9.62. The fourth-order valence-corrected chi connectivity index (χ4v) is 4.58. The first-order chi connectivity index (χ1) is 11.7. The highest BCUT2D eigenvalue weighted by Gasteiger charge is 2.46. The number of amides is 1. The van der Waals surface area contributed by atoms with Gasteiger partial charge >= 0.3 is 6.09 Å². The Kier molecular flexibility index (Phi) is 4.75. The number of aryl methyl sites for hydroxylation is 1. The van der Waals surface area contributed by atoms with Gasteiger partial charge in [-0.1, -0.05) is 6.07 Å². The SMILES string of the molecule is Cc1cccc(N2SC=C[C@]23CCN(C(=O)OC(C)(C)C)[C@@H](C)C3)n1. The fraction of sp³-hybridized carbons (Fsp3) is 0.579. The summed E-state index contributed by atoms with van der Waals surface area (Å²) in [5.74, 6) is 0.980. The molecule has 0 aromatic carbocycles. The normalized spacial score (nSPS) is 26.4. The fourth-order valence-electron chi connectivity index (χ4n) is 3.50. The highest BCUT2D eigenvalue weighted by Crippen LogP contribution is 2.45. The van der Waals surface area contributed by atoms with Gasteiger partial charge in [0.2, 0.25) is 0 Å². The Bertz CT molecular complexity index is 685. The first kappa shape index (κ1) is 18.1. The van der Waals surface area contributed by atoms with E-state index in [-0.39, 0.29) is 17.7 Å². The van der Waals surface area contributed by atoms with Crippen LogP contribution in [-0.4, -0.2) is 39.7 Å². The van der Waals surface area contributed by atoms with Crippen molar-refractivity contribution in [2.24, 2.45) is 0 Å². The number of hydrogen-bond acceptors (Lipinski definition) is 5. The van der Waals surface area contributed by atoms with Crippen molar-refractivity contribution < 1.29 is 9.53 Å². The van der Waals surface area contributed by atoms with Crippen LogP contribution < -0.4 is 4.31 Å². The van der Waals surface area contributed by atoms with E-state index in [4.69, 9.17) is 9.72 Å². The second-order valence-electron chi connectivity index (χ2n) is 7.92. The van der Waals surface area contributed by atoms with Gasteiger partial charge in [-0.25, -0.2) is 9.78 Å². The molecule has 1 aromatic rings. The number of ether oxygens (including phenoxy) is 1. The maximum atomic E-state index is 12.5. The number of carbonyl (C=O) groups excluding carboxylic acids is 1. The zero-order valence-electron chi connectivity index (χ0n) is 15.7. The molecule has 1 fully saturated rings. The van der Waals surface area contributed by atoms with Crippen molar-refractivity contribution in [2.45, 2.75) is 64.6 Å². The number of nitrogens with zero attached hydrogens (tertiary/aromatic N) is 3. The summed E-state index contributed by atoms with van der Waals surface area (Å²) in [5, 5.41) is 2.14. The predicted octanol–water partition coefficient (Wildman–Crippen LogP) is 4.53. The lowest BCUT2D eigenvalue weighted by Gasteiger charge is -2.47. The molecule has 1 amide bonds. The smallest absolute Gasteiger partial charge is 0.410 e. The molecule has 136 valence electrons. The van der Waals surface area contributed by atoms with Gasteiger partial charge < -0.3 is 9.64 Å². The van der Waals surface area contributed by atoms with E-state index in [0.29, 0.717) is 6.54 Å². The van der Waals surface area contributed by atoms with Gasteiger partial charge in [0.15, 0.2) is 0 Å². The molecule has 2 atom stereocenters. The number of pyridine rings is 1. The van der Waals surface area contributed by atoms with E-state index in [2.05, 4.69) is 28.8 Å². The van der Waals surface area contributed by atoms with Crippen molar-refractivity contribution in [1.82, 2.24) is 9.88 Å². The zero-order chi connectivity index (χ0) is 18.2. The molecule has 2 aliphatic rings. The molecule has 0 bridgehead atoms. The van der Waals surface area contributed by atoms with Crippen molar-refractivity contribution in [3.63, 3.8) is 0 Å². The van der Waals surface area contributed by atoms with Gasteiger partial charge in [-0.15, -0.1) is 0 Å². The summed E-state index contributed by atoms with van der Waals surface area (Å²) in [4.78, 5) is 19.0. The van der Waals surface area contributed by atoms with Gasteiger partial charge in [0.05, 0.1) is 5.54 Å². The van der Waals surface area contributed by atoms with E-state index in [9.17, 15) is 4.79 Å². The molecule has 0 radical (unpaired) electrons. The molecule has 1 saturated heterocycles. The van der Waals surface area contributed by atoms with Crippen molar-refractivity contribution in [1.29, 1.82) is 0 Å². The highest BCUT2D eigenvalue weighted by molar-refractivity contribution is 8.03. The minimum absolute atomic E-state index is 0.0939. The lowest BCUT2D eigenvalue weighted by molar-refractivity contribution is 0.00796. The Morgan fingerprint density at radius 3 is 2.80 bits per heavy atom. The number of rotatable bonds is 1. The van der Waals surface area contributed by atoms with Crippen LogP contribution in [0.5, 0.6) is 0 Å². The van der Waals surface area contributed by atoms with Crippen LogP contribution in [0.2, 0.25) is 0 Å². The first-order valence-electron chi connectivity index (χ1n) is 8.78. The molecular weight excluding hydrogens is 334 g/mol. The molecule has 0 saturated carbocycles. The minimum Gasteiger partial charge on any atom is -0.444 e. The molecule has 3 rings (SSSR count). The summed E-state index contributed by atoms with van der Waals surface area (Å²) in [6.07, 6.45) is 3.79. The Balaban J connectivity index is 1.76. The van der Waals surface area contributed by atoms with Crippen LogP contribution in [0.3, 0.4) is 0 Å². The van der Waals surface area contributed by atoms with E-state index in [0.717, 1.165) is 24.4 Å². The van der Waals surface area contributed by atoms with Crippen molar-refractivity contribution in [3.05, 3.63) is 35.4 Å². The highest BCUT2D eigenvalue weighted by atomic mass is 32.2. The summed E-state index contributed by atoms with van der Waals surface area (Å²) in [6.45, 7) is 10.5. The van der Waals surface area contributed by atoms with Gasteiger partial charge in [0.1, 0.15) is 11.4 Å². The van der Waals surface area contributed by atoms with Crippen molar-refractivity contribution >= 4 is 23.9 Å². The third-order valence-electron chi connectivity index (χ3n) is 4.63. The number of aromatic nitrogens is 1. The topological polar surface area (TPSA) is 45.7 Å². The Hall–Kier alpha value is -1.69. The average molecular weight is 362 g/mol. The molecule has 3 heterocycles. The van der Waals surface area contributed by atoms with Gasteiger partial charge in [-0.05, 0) is 83.0 Å². The zero-order valence-corrected chi connectivity index (χ0v) is 16.5. The van der Waals surface area contributed by atoms with Crippen LogP contribution in [0, 0.1) is 6.92 Å². The summed E-state index contributed by atoms with van der Waals surface area (Å²) < 4.78 is 7.86. The molecule has 0 N–H and O–H groups in total. The van der Waals surface area contributed by atoms with Crippen LogP contribution >= 0.6 is 11.9 Å². The molecule has 0 aliphatic carbocycles.